The van der Waals surface area contributed by atoms with Gasteiger partial charge in [0, 0.05) is 5.71 Å². The molecule has 1 aliphatic carbocycles. The molecule has 14 heavy (non-hydrogen) atoms. The van der Waals surface area contributed by atoms with Crippen LogP contribution in [0.1, 0.15) is 40.0 Å². The minimum atomic E-state index is 0.245. The number of nitrogens with two attached hydrogens (primary N) is 1. The predicted octanol–water partition coefficient (Wildman–Crippen LogP) is 2.02. The summed E-state index contributed by atoms with van der Waals surface area (Å²) in [5, 5.41) is 4.47. The SMILES string of the molecule is CC1CC(C)(C)CCC1=NNC(N)=S. The molecule has 4 heteroatoms. The van der Waals surface area contributed by atoms with Crippen LogP contribution in [0.4, 0.5) is 0 Å². The molecule has 1 unspecified atom stereocenters. The maximum Gasteiger partial charge on any atom is 0.184 e. The fraction of sp³-hybridized carbons (Fsp3) is 0.800. The van der Waals surface area contributed by atoms with Gasteiger partial charge >= 0.3 is 0 Å². The van der Waals surface area contributed by atoms with Gasteiger partial charge in [0.25, 0.3) is 0 Å². The molecule has 1 fully saturated rings. The Morgan fingerprint density at radius 1 is 1.64 bits per heavy atom. The van der Waals surface area contributed by atoms with Crippen LogP contribution in [-0.4, -0.2) is 10.8 Å². The Kier molecular flexibility index (Phi) is 3.48. The van der Waals surface area contributed by atoms with Crippen molar-refractivity contribution in [2.75, 3.05) is 0 Å². The van der Waals surface area contributed by atoms with Crippen molar-refractivity contribution >= 4 is 23.0 Å². The lowest BCUT2D eigenvalue weighted by molar-refractivity contribution is 0.265. The summed E-state index contributed by atoms with van der Waals surface area (Å²) in [5.41, 5.74) is 9.63. The van der Waals surface area contributed by atoms with Crippen LogP contribution < -0.4 is 11.2 Å². The van der Waals surface area contributed by atoms with Crippen molar-refractivity contribution in [3.63, 3.8) is 0 Å². The number of nitrogens with one attached hydrogen (secondary N) is 1. The second kappa shape index (κ2) is 4.26. The first-order valence-electron chi connectivity index (χ1n) is 5.02. The summed E-state index contributed by atoms with van der Waals surface area (Å²) in [6.07, 6.45) is 3.42. The van der Waals surface area contributed by atoms with Gasteiger partial charge in [-0.1, -0.05) is 20.8 Å². The Morgan fingerprint density at radius 3 is 2.79 bits per heavy atom. The van der Waals surface area contributed by atoms with Gasteiger partial charge in [-0.2, -0.15) is 5.10 Å². The second-order valence-electron chi connectivity index (χ2n) is 4.85. The molecular weight excluding hydrogens is 194 g/mol. The van der Waals surface area contributed by atoms with Crippen LogP contribution in [-0.2, 0) is 0 Å². The van der Waals surface area contributed by atoms with Gasteiger partial charge in [-0.25, -0.2) is 0 Å². The molecule has 0 radical (unpaired) electrons. The first-order chi connectivity index (χ1) is 6.41. The first-order valence-corrected chi connectivity index (χ1v) is 5.43. The Bertz CT molecular complexity index is 258. The fourth-order valence-electron chi connectivity index (χ4n) is 2.05. The molecule has 0 heterocycles. The summed E-state index contributed by atoms with van der Waals surface area (Å²) in [6, 6.07) is 0. The Labute approximate surface area is 91.1 Å². The third-order valence-electron chi connectivity index (χ3n) is 2.80. The molecule has 0 aromatic rings. The lowest BCUT2D eigenvalue weighted by Crippen LogP contribution is -2.32. The number of hydrazone groups is 1. The zero-order valence-corrected chi connectivity index (χ0v) is 9.95. The molecule has 0 amide bonds. The average molecular weight is 213 g/mol. The smallest absolute Gasteiger partial charge is 0.184 e. The van der Waals surface area contributed by atoms with E-state index in [0.29, 0.717) is 11.3 Å². The summed E-state index contributed by atoms with van der Waals surface area (Å²) >= 11 is 4.71. The molecule has 0 aromatic heterocycles. The van der Waals surface area contributed by atoms with Crippen molar-refractivity contribution in [1.29, 1.82) is 0 Å². The highest BCUT2D eigenvalue weighted by atomic mass is 32.1. The van der Waals surface area contributed by atoms with Crippen molar-refractivity contribution in [2.24, 2.45) is 22.2 Å². The highest BCUT2D eigenvalue weighted by molar-refractivity contribution is 7.80. The van der Waals surface area contributed by atoms with E-state index in [2.05, 4.69) is 31.3 Å². The third kappa shape index (κ3) is 3.25. The zero-order valence-electron chi connectivity index (χ0n) is 9.13. The Hall–Kier alpha value is -0.640. The Morgan fingerprint density at radius 2 is 2.29 bits per heavy atom. The minimum Gasteiger partial charge on any atom is -0.375 e. The number of rotatable bonds is 1. The van der Waals surface area contributed by atoms with E-state index in [0.717, 1.165) is 6.42 Å². The Balaban J connectivity index is 2.58. The largest absolute Gasteiger partial charge is 0.375 e. The van der Waals surface area contributed by atoms with Crippen LogP contribution in [0.25, 0.3) is 0 Å². The van der Waals surface area contributed by atoms with Gasteiger partial charge < -0.3 is 5.73 Å². The van der Waals surface area contributed by atoms with E-state index in [1.54, 1.807) is 0 Å². The molecule has 0 saturated heterocycles. The van der Waals surface area contributed by atoms with Crippen molar-refractivity contribution < 1.29 is 0 Å². The lowest BCUT2D eigenvalue weighted by Gasteiger charge is -2.34. The van der Waals surface area contributed by atoms with Crippen LogP contribution in [0.5, 0.6) is 0 Å². The van der Waals surface area contributed by atoms with E-state index < -0.39 is 0 Å². The second-order valence-corrected chi connectivity index (χ2v) is 5.29. The van der Waals surface area contributed by atoms with Gasteiger partial charge in [0.15, 0.2) is 5.11 Å². The van der Waals surface area contributed by atoms with E-state index in [-0.39, 0.29) is 5.11 Å². The van der Waals surface area contributed by atoms with Crippen LogP contribution in [0.2, 0.25) is 0 Å². The van der Waals surface area contributed by atoms with E-state index in [1.165, 1.54) is 18.6 Å². The van der Waals surface area contributed by atoms with Gasteiger partial charge in [-0.05, 0) is 42.8 Å². The summed E-state index contributed by atoms with van der Waals surface area (Å²) < 4.78 is 0. The summed E-state index contributed by atoms with van der Waals surface area (Å²) in [4.78, 5) is 0. The summed E-state index contributed by atoms with van der Waals surface area (Å²) in [6.45, 7) is 6.82. The molecule has 3 nitrogen and oxygen atoms in total. The molecule has 80 valence electrons. The van der Waals surface area contributed by atoms with Gasteiger partial charge in [-0.3, -0.25) is 5.43 Å². The van der Waals surface area contributed by atoms with E-state index in [1.807, 2.05) is 0 Å². The molecule has 0 aromatic carbocycles. The maximum atomic E-state index is 5.32. The van der Waals surface area contributed by atoms with E-state index in [9.17, 15) is 0 Å². The van der Waals surface area contributed by atoms with Gasteiger partial charge in [0.2, 0.25) is 0 Å². The highest BCUT2D eigenvalue weighted by Gasteiger charge is 2.29. The highest BCUT2D eigenvalue weighted by Crippen LogP contribution is 2.36. The minimum absolute atomic E-state index is 0.245. The molecule has 1 aliphatic rings. The zero-order chi connectivity index (χ0) is 10.8. The molecule has 1 atom stereocenters. The van der Waals surface area contributed by atoms with Crippen molar-refractivity contribution in [2.45, 2.75) is 40.0 Å². The summed E-state index contributed by atoms with van der Waals surface area (Å²) in [7, 11) is 0. The monoisotopic (exact) mass is 213 g/mol. The lowest BCUT2D eigenvalue weighted by atomic mass is 9.72. The van der Waals surface area contributed by atoms with E-state index >= 15 is 0 Å². The number of nitrogens with zero attached hydrogens (tertiary/aromatic N) is 1. The van der Waals surface area contributed by atoms with Crippen LogP contribution in [0.15, 0.2) is 5.10 Å². The van der Waals surface area contributed by atoms with Crippen molar-refractivity contribution in [3.05, 3.63) is 0 Å². The fourth-order valence-corrected chi connectivity index (χ4v) is 2.10. The molecular formula is C10H19N3S. The van der Waals surface area contributed by atoms with Crippen LogP contribution in [0, 0.1) is 11.3 Å². The van der Waals surface area contributed by atoms with E-state index in [4.69, 9.17) is 18.0 Å². The maximum absolute atomic E-state index is 5.32. The number of thiocarbonyl (C=S) groups is 1. The van der Waals surface area contributed by atoms with Gasteiger partial charge in [0.05, 0.1) is 0 Å². The first kappa shape index (κ1) is 11.4. The van der Waals surface area contributed by atoms with Gasteiger partial charge in [-0.15, -0.1) is 0 Å². The summed E-state index contributed by atoms with van der Waals surface area (Å²) in [5.74, 6) is 0.528. The quantitative estimate of drug-likeness (QED) is 0.517. The molecule has 0 spiro atoms. The van der Waals surface area contributed by atoms with Gasteiger partial charge in [0.1, 0.15) is 0 Å². The normalized spacial score (nSPS) is 28.8. The average Bonchev–Trinajstić information content (AvgIpc) is 2.00. The standard InChI is InChI=1S/C10H19N3S/c1-7-6-10(2,3)5-4-8(7)12-13-9(11)14/h7H,4-6H2,1-3H3,(H3,11,13,14). The number of hydrogen-bond acceptors (Lipinski definition) is 2. The molecule has 1 saturated carbocycles. The molecule has 0 aliphatic heterocycles. The number of hydrogen-bond donors (Lipinski definition) is 2. The molecule has 0 bridgehead atoms. The van der Waals surface area contributed by atoms with Crippen molar-refractivity contribution in [3.8, 4) is 0 Å². The van der Waals surface area contributed by atoms with Crippen LogP contribution in [0.3, 0.4) is 0 Å². The molecule has 3 N–H and O–H groups in total. The topological polar surface area (TPSA) is 50.4 Å². The molecule has 1 rings (SSSR count). The third-order valence-corrected chi connectivity index (χ3v) is 2.89. The van der Waals surface area contributed by atoms with Crippen molar-refractivity contribution in [1.82, 2.24) is 5.43 Å². The predicted molar refractivity (Wildman–Crippen MR) is 64.2 cm³/mol. The van der Waals surface area contributed by atoms with Crippen LogP contribution >= 0.6 is 12.2 Å².